The summed E-state index contributed by atoms with van der Waals surface area (Å²) >= 11 is 3.65. The van der Waals surface area contributed by atoms with Crippen molar-refractivity contribution >= 4 is 23.1 Å². The van der Waals surface area contributed by atoms with E-state index in [2.05, 4.69) is 30.8 Å². The van der Waals surface area contributed by atoms with Crippen molar-refractivity contribution in [1.29, 1.82) is 0 Å². The van der Waals surface area contributed by atoms with Crippen molar-refractivity contribution in [3.05, 3.63) is 16.1 Å². The van der Waals surface area contributed by atoms with E-state index in [-0.39, 0.29) is 0 Å². The lowest BCUT2D eigenvalue weighted by Gasteiger charge is -2.15. The predicted octanol–water partition coefficient (Wildman–Crippen LogP) is 3.30. The lowest BCUT2D eigenvalue weighted by Crippen LogP contribution is -2.25. The van der Waals surface area contributed by atoms with Crippen LogP contribution in [-0.4, -0.2) is 37.3 Å². The van der Waals surface area contributed by atoms with E-state index in [1.165, 1.54) is 10.7 Å². The molecule has 0 amide bonds. The number of hydrogen-bond donors (Lipinski definition) is 1. The first-order valence-electron chi connectivity index (χ1n) is 6.35. The number of thiazole rings is 1. The number of methoxy groups -OCH3 is 1. The summed E-state index contributed by atoms with van der Waals surface area (Å²) in [6.07, 6.45) is 3.27. The van der Waals surface area contributed by atoms with Gasteiger partial charge in [-0.05, 0) is 24.3 Å². The van der Waals surface area contributed by atoms with Crippen LogP contribution in [0.25, 0.3) is 0 Å². The molecular weight excluding hydrogens is 264 g/mol. The van der Waals surface area contributed by atoms with Gasteiger partial charge in [-0.2, -0.15) is 11.8 Å². The van der Waals surface area contributed by atoms with E-state index < -0.39 is 0 Å². The molecule has 3 nitrogen and oxygen atoms in total. The molecule has 0 saturated carbocycles. The maximum absolute atomic E-state index is 5.09. The Labute approximate surface area is 119 Å². The zero-order valence-electron chi connectivity index (χ0n) is 11.7. The largest absolute Gasteiger partial charge is 0.383 e. The number of aromatic nitrogens is 1. The Morgan fingerprint density at radius 2 is 2.28 bits per heavy atom. The molecule has 0 aliphatic rings. The molecule has 0 spiro atoms. The fourth-order valence-corrected chi connectivity index (χ4v) is 3.17. The average molecular weight is 288 g/mol. The standard InChI is InChI=1S/C13H24N2OS2/c1-10(2)12-9-18-13(15-12)11(5-8-17-4)14-6-7-16-3/h9-11,14H,5-8H2,1-4H3. The van der Waals surface area contributed by atoms with Gasteiger partial charge in [-0.1, -0.05) is 13.8 Å². The number of rotatable bonds is 9. The highest BCUT2D eigenvalue weighted by Crippen LogP contribution is 2.25. The molecule has 1 rings (SSSR count). The van der Waals surface area contributed by atoms with E-state index in [1.807, 2.05) is 11.8 Å². The highest BCUT2D eigenvalue weighted by atomic mass is 32.2. The van der Waals surface area contributed by atoms with E-state index in [0.29, 0.717) is 12.0 Å². The number of nitrogens with one attached hydrogen (secondary N) is 1. The van der Waals surface area contributed by atoms with Gasteiger partial charge in [0.05, 0.1) is 18.3 Å². The van der Waals surface area contributed by atoms with Crippen LogP contribution in [0.4, 0.5) is 0 Å². The van der Waals surface area contributed by atoms with Gasteiger partial charge in [0.1, 0.15) is 5.01 Å². The molecule has 1 aromatic heterocycles. The molecule has 1 unspecified atom stereocenters. The normalized spacial score (nSPS) is 13.2. The van der Waals surface area contributed by atoms with Crippen LogP contribution in [0.3, 0.4) is 0 Å². The van der Waals surface area contributed by atoms with Gasteiger partial charge in [0.15, 0.2) is 0 Å². The first-order chi connectivity index (χ1) is 8.69. The second kappa shape index (κ2) is 8.91. The predicted molar refractivity (Wildman–Crippen MR) is 81.8 cm³/mol. The average Bonchev–Trinajstić information content (AvgIpc) is 2.83. The Morgan fingerprint density at radius 3 is 2.83 bits per heavy atom. The quantitative estimate of drug-likeness (QED) is 0.707. The minimum absolute atomic E-state index is 0.366. The third-order valence-electron chi connectivity index (χ3n) is 2.74. The van der Waals surface area contributed by atoms with Crippen molar-refractivity contribution in [3.63, 3.8) is 0 Å². The van der Waals surface area contributed by atoms with E-state index in [4.69, 9.17) is 9.72 Å². The molecule has 18 heavy (non-hydrogen) atoms. The van der Waals surface area contributed by atoms with Gasteiger partial charge in [0.2, 0.25) is 0 Å². The monoisotopic (exact) mass is 288 g/mol. The summed E-state index contributed by atoms with van der Waals surface area (Å²) in [4.78, 5) is 4.75. The molecule has 0 radical (unpaired) electrons. The third-order valence-corrected chi connectivity index (χ3v) is 4.36. The van der Waals surface area contributed by atoms with Crippen LogP contribution in [0, 0.1) is 0 Å². The maximum atomic E-state index is 5.09. The summed E-state index contributed by atoms with van der Waals surface area (Å²) in [7, 11) is 1.73. The van der Waals surface area contributed by atoms with E-state index in [1.54, 1.807) is 18.4 Å². The molecule has 104 valence electrons. The molecule has 1 aromatic rings. The summed E-state index contributed by atoms with van der Waals surface area (Å²) in [5.41, 5.74) is 1.21. The molecule has 0 bridgehead atoms. The number of ether oxygens (including phenoxy) is 1. The zero-order chi connectivity index (χ0) is 13.4. The van der Waals surface area contributed by atoms with E-state index in [9.17, 15) is 0 Å². The van der Waals surface area contributed by atoms with Gasteiger partial charge in [0.25, 0.3) is 0 Å². The molecule has 0 saturated heterocycles. The fraction of sp³-hybridized carbons (Fsp3) is 0.769. The van der Waals surface area contributed by atoms with Gasteiger partial charge in [-0.15, -0.1) is 11.3 Å². The minimum atomic E-state index is 0.366. The van der Waals surface area contributed by atoms with Crippen LogP contribution in [0.15, 0.2) is 5.38 Å². The molecule has 1 atom stereocenters. The summed E-state index contributed by atoms with van der Waals surface area (Å²) < 4.78 is 5.09. The van der Waals surface area contributed by atoms with E-state index in [0.717, 1.165) is 25.3 Å². The van der Waals surface area contributed by atoms with Crippen LogP contribution in [0.2, 0.25) is 0 Å². The van der Waals surface area contributed by atoms with Crippen molar-refractivity contribution in [2.45, 2.75) is 32.2 Å². The molecule has 1 heterocycles. The number of hydrogen-bond acceptors (Lipinski definition) is 5. The Hall–Kier alpha value is -0.100. The molecule has 0 aromatic carbocycles. The first kappa shape index (κ1) is 16.0. The maximum Gasteiger partial charge on any atom is 0.110 e. The smallest absolute Gasteiger partial charge is 0.110 e. The van der Waals surface area contributed by atoms with Crippen LogP contribution in [0.5, 0.6) is 0 Å². The Morgan fingerprint density at radius 1 is 1.50 bits per heavy atom. The molecule has 5 heteroatoms. The third kappa shape index (κ3) is 5.26. The van der Waals surface area contributed by atoms with Gasteiger partial charge >= 0.3 is 0 Å². The van der Waals surface area contributed by atoms with Crippen LogP contribution in [0.1, 0.15) is 42.9 Å². The first-order valence-corrected chi connectivity index (χ1v) is 8.63. The number of thioether (sulfide) groups is 1. The van der Waals surface area contributed by atoms with Gasteiger partial charge in [-0.25, -0.2) is 4.98 Å². The lowest BCUT2D eigenvalue weighted by atomic mass is 10.1. The molecule has 0 aliphatic heterocycles. The molecular formula is C13H24N2OS2. The van der Waals surface area contributed by atoms with Crippen molar-refractivity contribution < 1.29 is 4.74 Å². The SMILES string of the molecule is COCCNC(CCSC)c1nc(C(C)C)cs1. The van der Waals surface area contributed by atoms with Crippen molar-refractivity contribution in [3.8, 4) is 0 Å². The van der Waals surface area contributed by atoms with Gasteiger partial charge in [0, 0.05) is 19.0 Å². The van der Waals surface area contributed by atoms with Crippen LogP contribution in [-0.2, 0) is 4.74 Å². The second-order valence-corrected chi connectivity index (χ2v) is 6.42. The van der Waals surface area contributed by atoms with Crippen molar-refractivity contribution in [2.75, 3.05) is 32.3 Å². The van der Waals surface area contributed by atoms with Crippen molar-refractivity contribution in [1.82, 2.24) is 10.3 Å². The molecule has 0 aliphatic carbocycles. The topological polar surface area (TPSA) is 34.1 Å². The lowest BCUT2D eigenvalue weighted by molar-refractivity contribution is 0.195. The summed E-state index contributed by atoms with van der Waals surface area (Å²) in [6, 6.07) is 0.366. The van der Waals surface area contributed by atoms with Crippen molar-refractivity contribution in [2.24, 2.45) is 0 Å². The molecule has 0 fully saturated rings. The Bertz CT molecular complexity index is 329. The van der Waals surface area contributed by atoms with Crippen LogP contribution < -0.4 is 5.32 Å². The minimum Gasteiger partial charge on any atom is -0.383 e. The summed E-state index contributed by atoms with van der Waals surface area (Å²) in [5, 5.41) is 6.93. The highest BCUT2D eigenvalue weighted by molar-refractivity contribution is 7.98. The number of nitrogens with zero attached hydrogens (tertiary/aromatic N) is 1. The van der Waals surface area contributed by atoms with Gasteiger partial charge < -0.3 is 10.1 Å². The summed E-state index contributed by atoms with van der Waals surface area (Å²) in [5.74, 6) is 1.66. The Balaban J connectivity index is 2.61. The van der Waals surface area contributed by atoms with Gasteiger partial charge in [-0.3, -0.25) is 0 Å². The van der Waals surface area contributed by atoms with Crippen LogP contribution >= 0.6 is 23.1 Å². The van der Waals surface area contributed by atoms with E-state index >= 15 is 0 Å². The second-order valence-electron chi connectivity index (χ2n) is 4.55. The summed E-state index contributed by atoms with van der Waals surface area (Å²) in [6.45, 7) is 6.01. The highest BCUT2D eigenvalue weighted by Gasteiger charge is 2.15. The Kier molecular flexibility index (Phi) is 7.90. The fourth-order valence-electron chi connectivity index (χ4n) is 1.61. The molecule has 1 N–H and O–H groups in total. The zero-order valence-corrected chi connectivity index (χ0v) is 13.4.